The summed E-state index contributed by atoms with van der Waals surface area (Å²) in [6.07, 6.45) is 6.26. The van der Waals surface area contributed by atoms with Crippen molar-refractivity contribution in [2.75, 3.05) is 11.9 Å². The van der Waals surface area contributed by atoms with E-state index in [1.54, 1.807) is 6.20 Å². The Labute approximate surface area is 130 Å². The third-order valence-corrected chi connectivity index (χ3v) is 4.44. The van der Waals surface area contributed by atoms with Crippen LogP contribution >= 0.6 is 11.6 Å². The summed E-state index contributed by atoms with van der Waals surface area (Å²) < 4.78 is 1.43. The van der Waals surface area contributed by atoms with Crippen LogP contribution in [0.4, 0.5) is 5.69 Å². The first-order valence-corrected chi connectivity index (χ1v) is 8.13. The summed E-state index contributed by atoms with van der Waals surface area (Å²) >= 11 is 6.22. The average molecular weight is 313 g/mol. The molecule has 0 aliphatic heterocycles. The van der Waals surface area contributed by atoms with Gasteiger partial charge in [-0.2, -0.15) is 5.10 Å². The van der Waals surface area contributed by atoms with E-state index in [-0.39, 0.29) is 16.6 Å². The summed E-state index contributed by atoms with van der Waals surface area (Å²) in [5, 5.41) is 7.83. The number of hydrogen-bond donors (Lipinski definition) is 2. The Bertz CT molecular complexity index is 529. The normalized spacial score (nSPS) is 22.5. The van der Waals surface area contributed by atoms with Crippen molar-refractivity contribution in [3.05, 3.63) is 21.6 Å². The van der Waals surface area contributed by atoms with Crippen molar-refractivity contribution in [3.63, 3.8) is 0 Å². The lowest BCUT2D eigenvalue weighted by Gasteiger charge is -2.32. The van der Waals surface area contributed by atoms with Crippen molar-refractivity contribution < 1.29 is 0 Å². The highest BCUT2D eigenvalue weighted by Crippen LogP contribution is 2.28. The van der Waals surface area contributed by atoms with Crippen LogP contribution in [0.1, 0.15) is 39.5 Å². The maximum atomic E-state index is 12.2. The molecular weight excluding hydrogens is 288 g/mol. The molecular formula is C15H25ClN4O. The number of aromatic nitrogens is 2. The predicted molar refractivity (Wildman–Crippen MR) is 86.8 cm³/mol. The molecule has 118 valence electrons. The largest absolute Gasteiger partial charge is 0.379 e. The minimum atomic E-state index is -0.226. The molecule has 2 unspecified atom stereocenters. The molecule has 3 N–H and O–H groups in total. The Hall–Kier alpha value is -1.07. The van der Waals surface area contributed by atoms with E-state index in [2.05, 4.69) is 10.4 Å². The maximum absolute atomic E-state index is 12.2. The van der Waals surface area contributed by atoms with Crippen LogP contribution in [-0.2, 0) is 6.54 Å². The van der Waals surface area contributed by atoms with Gasteiger partial charge in [-0.3, -0.25) is 4.79 Å². The smallest absolute Gasteiger partial charge is 0.287 e. The Balaban J connectivity index is 2.17. The number of halogens is 1. The zero-order valence-electron chi connectivity index (χ0n) is 12.8. The van der Waals surface area contributed by atoms with Crippen molar-refractivity contribution in [3.8, 4) is 0 Å². The Kier molecular flexibility index (Phi) is 5.65. The molecule has 0 bridgehead atoms. The summed E-state index contributed by atoms with van der Waals surface area (Å²) in [5.41, 5.74) is 6.24. The second-order valence-electron chi connectivity index (χ2n) is 6.28. The lowest BCUT2D eigenvalue weighted by atomic mass is 9.84. The van der Waals surface area contributed by atoms with Crippen LogP contribution in [0.2, 0.25) is 5.02 Å². The first-order valence-electron chi connectivity index (χ1n) is 7.75. The highest BCUT2D eigenvalue weighted by molar-refractivity contribution is 6.32. The molecule has 1 fully saturated rings. The minimum Gasteiger partial charge on any atom is -0.379 e. The third-order valence-electron chi connectivity index (χ3n) is 4.08. The topological polar surface area (TPSA) is 72.9 Å². The molecule has 0 amide bonds. The molecule has 1 aromatic heterocycles. The molecule has 1 heterocycles. The van der Waals surface area contributed by atoms with Gasteiger partial charge < -0.3 is 11.1 Å². The zero-order valence-corrected chi connectivity index (χ0v) is 13.6. The standard InChI is InChI=1S/C15H25ClN4O/c1-10(2)9-20-15(21)14(16)13(8-18-20)19-12-6-4-3-5-11(12)7-17/h8,10-12,19H,3-7,9,17H2,1-2H3. The average Bonchev–Trinajstić information content (AvgIpc) is 2.47. The van der Waals surface area contributed by atoms with Crippen LogP contribution < -0.4 is 16.6 Å². The molecule has 1 aliphatic rings. The van der Waals surface area contributed by atoms with Gasteiger partial charge in [-0.25, -0.2) is 4.68 Å². The zero-order chi connectivity index (χ0) is 15.4. The molecule has 5 nitrogen and oxygen atoms in total. The Morgan fingerprint density at radius 2 is 2.19 bits per heavy atom. The van der Waals surface area contributed by atoms with Crippen LogP contribution in [-0.4, -0.2) is 22.4 Å². The van der Waals surface area contributed by atoms with Gasteiger partial charge in [-0.05, 0) is 31.2 Å². The van der Waals surface area contributed by atoms with Crippen LogP contribution in [0.25, 0.3) is 0 Å². The van der Waals surface area contributed by atoms with Crippen LogP contribution in [0.5, 0.6) is 0 Å². The third kappa shape index (κ3) is 3.98. The van der Waals surface area contributed by atoms with E-state index in [1.807, 2.05) is 13.8 Å². The fraction of sp³-hybridized carbons (Fsp3) is 0.733. The number of anilines is 1. The fourth-order valence-electron chi connectivity index (χ4n) is 2.92. The maximum Gasteiger partial charge on any atom is 0.287 e. The summed E-state index contributed by atoms with van der Waals surface area (Å²) in [5.74, 6) is 0.790. The lowest BCUT2D eigenvalue weighted by Crippen LogP contribution is -2.37. The molecule has 0 saturated heterocycles. The molecule has 1 saturated carbocycles. The van der Waals surface area contributed by atoms with Gasteiger partial charge in [-0.1, -0.05) is 38.3 Å². The van der Waals surface area contributed by atoms with Gasteiger partial charge in [0.05, 0.1) is 11.9 Å². The summed E-state index contributed by atoms with van der Waals surface area (Å²) in [6, 6.07) is 0.281. The number of nitrogens with zero attached hydrogens (tertiary/aromatic N) is 2. The number of hydrogen-bond acceptors (Lipinski definition) is 4. The SMILES string of the molecule is CC(C)Cn1ncc(NC2CCCCC2CN)c(Cl)c1=O. The molecule has 1 aliphatic carbocycles. The molecule has 2 rings (SSSR count). The quantitative estimate of drug-likeness (QED) is 0.876. The Morgan fingerprint density at radius 3 is 2.86 bits per heavy atom. The first kappa shape index (κ1) is 16.3. The van der Waals surface area contributed by atoms with Gasteiger partial charge >= 0.3 is 0 Å². The summed E-state index contributed by atoms with van der Waals surface area (Å²) in [6.45, 7) is 5.32. The van der Waals surface area contributed by atoms with Gasteiger partial charge in [0.1, 0.15) is 5.02 Å². The van der Waals surface area contributed by atoms with Gasteiger partial charge in [0.2, 0.25) is 0 Å². The van der Waals surface area contributed by atoms with Crippen molar-refractivity contribution in [2.45, 2.75) is 52.1 Å². The van der Waals surface area contributed by atoms with E-state index in [0.717, 1.165) is 12.8 Å². The van der Waals surface area contributed by atoms with E-state index in [9.17, 15) is 4.79 Å². The van der Waals surface area contributed by atoms with Crippen molar-refractivity contribution >= 4 is 17.3 Å². The second kappa shape index (κ2) is 7.27. The van der Waals surface area contributed by atoms with E-state index in [0.29, 0.717) is 30.6 Å². The van der Waals surface area contributed by atoms with Gasteiger partial charge in [0, 0.05) is 12.6 Å². The van der Waals surface area contributed by atoms with Crippen LogP contribution in [0.15, 0.2) is 11.0 Å². The van der Waals surface area contributed by atoms with E-state index in [1.165, 1.54) is 17.5 Å². The molecule has 0 radical (unpaired) electrons. The summed E-state index contributed by atoms with van der Waals surface area (Å²) in [4.78, 5) is 12.2. The van der Waals surface area contributed by atoms with Crippen LogP contribution in [0, 0.1) is 11.8 Å². The lowest BCUT2D eigenvalue weighted by molar-refractivity contribution is 0.332. The van der Waals surface area contributed by atoms with Crippen molar-refractivity contribution in [1.82, 2.24) is 9.78 Å². The molecule has 1 aromatic rings. The molecule has 6 heteroatoms. The minimum absolute atomic E-state index is 0.226. The predicted octanol–water partition coefficient (Wildman–Crippen LogP) is 2.48. The fourth-order valence-corrected chi connectivity index (χ4v) is 3.12. The van der Waals surface area contributed by atoms with Gasteiger partial charge in [0.25, 0.3) is 5.56 Å². The molecule has 0 aromatic carbocycles. The number of nitrogens with one attached hydrogen (secondary N) is 1. The first-order chi connectivity index (χ1) is 10.0. The monoisotopic (exact) mass is 312 g/mol. The highest BCUT2D eigenvalue weighted by Gasteiger charge is 2.25. The number of rotatable bonds is 5. The van der Waals surface area contributed by atoms with E-state index in [4.69, 9.17) is 17.3 Å². The second-order valence-corrected chi connectivity index (χ2v) is 6.66. The number of nitrogens with two attached hydrogens (primary N) is 1. The Morgan fingerprint density at radius 1 is 1.48 bits per heavy atom. The van der Waals surface area contributed by atoms with Crippen molar-refractivity contribution in [1.29, 1.82) is 0 Å². The van der Waals surface area contributed by atoms with E-state index >= 15 is 0 Å². The van der Waals surface area contributed by atoms with Crippen molar-refractivity contribution in [2.24, 2.45) is 17.6 Å². The molecule has 0 spiro atoms. The van der Waals surface area contributed by atoms with E-state index < -0.39 is 0 Å². The van der Waals surface area contributed by atoms with Crippen LogP contribution in [0.3, 0.4) is 0 Å². The van der Waals surface area contributed by atoms with Gasteiger partial charge in [-0.15, -0.1) is 0 Å². The molecule has 21 heavy (non-hydrogen) atoms. The van der Waals surface area contributed by atoms with Gasteiger partial charge in [0.15, 0.2) is 0 Å². The highest BCUT2D eigenvalue weighted by atomic mass is 35.5. The summed E-state index contributed by atoms with van der Waals surface area (Å²) in [7, 11) is 0. The molecule has 2 atom stereocenters.